The lowest BCUT2D eigenvalue weighted by molar-refractivity contribution is -0.385. The lowest BCUT2D eigenvalue weighted by Gasteiger charge is -2.32. The maximum atomic E-state index is 12.9. The van der Waals surface area contributed by atoms with Crippen molar-refractivity contribution in [3.8, 4) is 11.5 Å². The Morgan fingerprint density at radius 3 is 2.54 bits per heavy atom. The molecular weight excluding hydrogens is 391 g/mol. The number of piperidine rings is 1. The predicted molar refractivity (Wildman–Crippen MR) is 100 cm³/mol. The van der Waals surface area contributed by atoms with Gasteiger partial charge in [0, 0.05) is 37.0 Å². The van der Waals surface area contributed by atoms with Crippen molar-refractivity contribution in [3.63, 3.8) is 0 Å². The number of likely N-dealkylation sites (tertiary alicyclic amines) is 1. The van der Waals surface area contributed by atoms with E-state index in [1.165, 1.54) is 30.3 Å². The molecule has 1 heterocycles. The van der Waals surface area contributed by atoms with Crippen molar-refractivity contribution < 1.29 is 23.6 Å². The Balaban J connectivity index is 1.49. The summed E-state index contributed by atoms with van der Waals surface area (Å²) in [5.74, 6) is 0.00000663. The zero-order valence-electron chi connectivity index (χ0n) is 14.8. The van der Waals surface area contributed by atoms with Gasteiger partial charge in [0.1, 0.15) is 17.7 Å². The molecule has 0 unspecified atom stereocenters. The van der Waals surface area contributed by atoms with Gasteiger partial charge in [-0.1, -0.05) is 11.6 Å². The highest BCUT2D eigenvalue weighted by Crippen LogP contribution is 2.30. The van der Waals surface area contributed by atoms with E-state index in [-0.39, 0.29) is 40.9 Å². The van der Waals surface area contributed by atoms with Crippen LogP contribution >= 0.6 is 11.6 Å². The molecule has 148 valence electrons. The number of halogens is 2. The van der Waals surface area contributed by atoms with Gasteiger partial charge in [0.15, 0.2) is 12.4 Å². The van der Waals surface area contributed by atoms with E-state index in [1.807, 2.05) is 0 Å². The van der Waals surface area contributed by atoms with Crippen LogP contribution in [-0.2, 0) is 4.79 Å². The van der Waals surface area contributed by atoms with Crippen molar-refractivity contribution in [3.05, 3.63) is 63.4 Å². The minimum absolute atomic E-state index is 0.00252. The van der Waals surface area contributed by atoms with Gasteiger partial charge in [-0.05, 0) is 36.4 Å². The maximum absolute atomic E-state index is 12.9. The number of amides is 1. The van der Waals surface area contributed by atoms with Crippen molar-refractivity contribution in [2.75, 3.05) is 19.7 Å². The minimum atomic E-state index is -0.607. The first-order valence-corrected chi connectivity index (χ1v) is 9.07. The van der Waals surface area contributed by atoms with Crippen molar-refractivity contribution >= 4 is 23.2 Å². The first kappa shape index (κ1) is 19.9. The molecule has 0 atom stereocenters. The molecule has 1 saturated heterocycles. The van der Waals surface area contributed by atoms with Gasteiger partial charge in [-0.15, -0.1) is 0 Å². The zero-order valence-corrected chi connectivity index (χ0v) is 15.6. The number of rotatable bonds is 6. The monoisotopic (exact) mass is 408 g/mol. The molecule has 1 aliphatic rings. The Morgan fingerprint density at radius 1 is 1.21 bits per heavy atom. The van der Waals surface area contributed by atoms with Gasteiger partial charge in [-0.2, -0.15) is 0 Å². The van der Waals surface area contributed by atoms with Crippen molar-refractivity contribution in [1.82, 2.24) is 4.90 Å². The zero-order chi connectivity index (χ0) is 20.1. The highest BCUT2D eigenvalue weighted by atomic mass is 35.5. The van der Waals surface area contributed by atoms with Crippen LogP contribution in [0.25, 0.3) is 0 Å². The van der Waals surface area contributed by atoms with E-state index in [4.69, 9.17) is 21.1 Å². The number of carbonyl (C=O) groups is 1. The number of nitrogens with zero attached hydrogens (tertiary/aromatic N) is 2. The van der Waals surface area contributed by atoms with Crippen LogP contribution in [0.2, 0.25) is 5.02 Å². The molecule has 1 amide bonds. The Bertz CT molecular complexity index is 854. The smallest absolute Gasteiger partial charge is 0.312 e. The third-order valence-corrected chi connectivity index (χ3v) is 4.62. The van der Waals surface area contributed by atoms with Crippen LogP contribution in [0.1, 0.15) is 12.8 Å². The molecular formula is C19H18ClFN2O5. The molecule has 0 radical (unpaired) electrons. The molecule has 0 aliphatic carbocycles. The molecule has 2 aromatic rings. The number of nitro benzene ring substituents is 1. The largest absolute Gasteiger partial charge is 0.490 e. The summed E-state index contributed by atoms with van der Waals surface area (Å²) in [7, 11) is 0. The average molecular weight is 409 g/mol. The van der Waals surface area contributed by atoms with Crippen LogP contribution in [-0.4, -0.2) is 41.5 Å². The van der Waals surface area contributed by atoms with Gasteiger partial charge in [0.05, 0.1) is 4.92 Å². The lowest BCUT2D eigenvalue weighted by Crippen LogP contribution is -2.43. The maximum Gasteiger partial charge on any atom is 0.312 e. The molecule has 1 aliphatic heterocycles. The van der Waals surface area contributed by atoms with Crippen LogP contribution in [0, 0.1) is 15.9 Å². The summed E-state index contributed by atoms with van der Waals surface area (Å²) < 4.78 is 24.1. The van der Waals surface area contributed by atoms with E-state index in [9.17, 15) is 19.3 Å². The topological polar surface area (TPSA) is 81.9 Å². The molecule has 2 aromatic carbocycles. The fraction of sp³-hybridized carbons (Fsp3) is 0.316. The van der Waals surface area contributed by atoms with E-state index in [1.54, 1.807) is 17.0 Å². The Labute approximate surface area is 165 Å². The second-order valence-corrected chi connectivity index (χ2v) is 6.75. The number of benzene rings is 2. The number of ether oxygens (including phenoxy) is 2. The molecule has 0 bridgehead atoms. The van der Waals surface area contributed by atoms with E-state index in [2.05, 4.69) is 0 Å². The normalized spacial score (nSPS) is 14.6. The fourth-order valence-electron chi connectivity index (χ4n) is 2.91. The molecule has 0 aromatic heterocycles. The summed E-state index contributed by atoms with van der Waals surface area (Å²) >= 11 is 5.76. The number of carbonyl (C=O) groups excluding carboxylic acids is 1. The van der Waals surface area contributed by atoms with Gasteiger partial charge >= 0.3 is 5.69 Å². The van der Waals surface area contributed by atoms with Gasteiger partial charge < -0.3 is 14.4 Å². The Hall–Kier alpha value is -2.87. The summed E-state index contributed by atoms with van der Waals surface area (Å²) in [4.78, 5) is 24.4. The third kappa shape index (κ3) is 5.10. The van der Waals surface area contributed by atoms with E-state index >= 15 is 0 Å². The quantitative estimate of drug-likeness (QED) is 0.535. The van der Waals surface area contributed by atoms with E-state index < -0.39 is 4.92 Å². The van der Waals surface area contributed by atoms with E-state index in [0.29, 0.717) is 31.7 Å². The fourth-order valence-corrected chi connectivity index (χ4v) is 3.08. The highest BCUT2D eigenvalue weighted by Gasteiger charge is 2.25. The van der Waals surface area contributed by atoms with Gasteiger partial charge in [0.2, 0.25) is 0 Å². The molecule has 9 heteroatoms. The first-order chi connectivity index (χ1) is 13.4. The second kappa shape index (κ2) is 8.88. The van der Waals surface area contributed by atoms with Crippen molar-refractivity contribution in [1.29, 1.82) is 0 Å². The Morgan fingerprint density at radius 2 is 1.89 bits per heavy atom. The van der Waals surface area contributed by atoms with Crippen molar-refractivity contribution in [2.24, 2.45) is 0 Å². The standard InChI is InChI=1S/C19H18ClFN2O5/c20-13-1-6-18(17(11-13)23(25)26)27-12-19(24)22-9-7-16(8-10-22)28-15-4-2-14(21)3-5-15/h1-6,11,16H,7-10,12H2. The number of hydrogen-bond donors (Lipinski definition) is 0. The van der Waals surface area contributed by atoms with Gasteiger partial charge in [0.25, 0.3) is 5.91 Å². The number of nitro groups is 1. The Kier molecular flexibility index (Phi) is 6.30. The van der Waals surface area contributed by atoms with Gasteiger partial charge in [-0.3, -0.25) is 14.9 Å². The highest BCUT2D eigenvalue weighted by molar-refractivity contribution is 6.30. The summed E-state index contributed by atoms with van der Waals surface area (Å²) in [6.07, 6.45) is 1.20. The molecule has 0 saturated carbocycles. The molecule has 1 fully saturated rings. The molecule has 3 rings (SSSR count). The van der Waals surface area contributed by atoms with Crippen LogP contribution < -0.4 is 9.47 Å². The minimum Gasteiger partial charge on any atom is -0.490 e. The third-order valence-electron chi connectivity index (χ3n) is 4.38. The van der Waals surface area contributed by atoms with Crippen LogP contribution in [0.5, 0.6) is 11.5 Å². The van der Waals surface area contributed by atoms with E-state index in [0.717, 1.165) is 0 Å². The van der Waals surface area contributed by atoms with Gasteiger partial charge in [-0.25, -0.2) is 4.39 Å². The summed E-state index contributed by atoms with van der Waals surface area (Å²) in [5.41, 5.74) is -0.285. The lowest BCUT2D eigenvalue weighted by atomic mass is 10.1. The molecule has 7 nitrogen and oxygen atoms in total. The summed E-state index contributed by atoms with van der Waals surface area (Å²) in [5, 5.41) is 11.3. The second-order valence-electron chi connectivity index (χ2n) is 6.31. The average Bonchev–Trinajstić information content (AvgIpc) is 2.69. The molecule has 0 spiro atoms. The first-order valence-electron chi connectivity index (χ1n) is 8.69. The summed E-state index contributed by atoms with van der Waals surface area (Å²) in [6, 6.07) is 9.82. The van der Waals surface area contributed by atoms with Crippen LogP contribution in [0.3, 0.4) is 0 Å². The summed E-state index contributed by atoms with van der Waals surface area (Å²) in [6.45, 7) is 0.666. The van der Waals surface area contributed by atoms with Crippen molar-refractivity contribution in [2.45, 2.75) is 18.9 Å². The van der Waals surface area contributed by atoms with Crippen LogP contribution in [0.4, 0.5) is 10.1 Å². The molecule has 0 N–H and O–H groups in total. The number of hydrogen-bond acceptors (Lipinski definition) is 5. The molecule has 28 heavy (non-hydrogen) atoms. The SMILES string of the molecule is O=C(COc1ccc(Cl)cc1[N+](=O)[O-])N1CCC(Oc2ccc(F)cc2)CC1. The predicted octanol–water partition coefficient (Wildman–Crippen LogP) is 3.84. The van der Waals surface area contributed by atoms with Crippen LogP contribution in [0.15, 0.2) is 42.5 Å².